The predicted octanol–water partition coefficient (Wildman–Crippen LogP) is 2.17. The molecule has 0 radical (unpaired) electrons. The van der Waals surface area contributed by atoms with Gasteiger partial charge in [-0.3, -0.25) is 4.79 Å². The van der Waals surface area contributed by atoms with Crippen LogP contribution < -0.4 is 5.32 Å². The molecule has 118 valence electrons. The van der Waals surface area contributed by atoms with Crippen LogP contribution in [0.2, 0.25) is 0 Å². The quantitative estimate of drug-likeness (QED) is 0.918. The molecule has 1 N–H and O–H groups in total. The molecule has 0 aromatic carbocycles. The summed E-state index contributed by atoms with van der Waals surface area (Å²) in [5.74, 6) is -0.137. The van der Waals surface area contributed by atoms with Gasteiger partial charge >= 0.3 is 6.18 Å². The van der Waals surface area contributed by atoms with Gasteiger partial charge in [0.1, 0.15) is 12.7 Å². The van der Waals surface area contributed by atoms with Crippen LogP contribution in [0.4, 0.5) is 18.9 Å². The lowest BCUT2D eigenvalue weighted by atomic mass is 10.3. The van der Waals surface area contributed by atoms with Gasteiger partial charge in [-0.25, -0.2) is 9.67 Å². The first-order chi connectivity index (χ1) is 10.3. The van der Waals surface area contributed by atoms with E-state index in [1.807, 2.05) is 0 Å². The highest BCUT2D eigenvalue weighted by atomic mass is 19.4. The predicted molar refractivity (Wildman–Crippen MR) is 71.5 cm³/mol. The van der Waals surface area contributed by atoms with Gasteiger partial charge in [-0.2, -0.15) is 18.3 Å². The molecule has 2 heterocycles. The summed E-state index contributed by atoms with van der Waals surface area (Å²) >= 11 is 0. The molecule has 0 saturated carbocycles. The first-order valence-corrected chi connectivity index (χ1v) is 6.30. The zero-order valence-electron chi connectivity index (χ0n) is 11.5. The van der Waals surface area contributed by atoms with Crippen molar-refractivity contribution in [1.82, 2.24) is 14.8 Å². The van der Waals surface area contributed by atoms with Crippen LogP contribution >= 0.6 is 0 Å². The molecule has 2 aromatic heterocycles. The average molecular weight is 314 g/mol. The van der Waals surface area contributed by atoms with E-state index in [0.29, 0.717) is 11.5 Å². The van der Waals surface area contributed by atoms with Crippen molar-refractivity contribution in [2.24, 2.45) is 0 Å². The Morgan fingerprint density at radius 2 is 2.23 bits per heavy atom. The second-order valence-electron chi connectivity index (χ2n) is 4.41. The topological polar surface area (TPSA) is 69.0 Å². The molecule has 0 aliphatic carbocycles. The Bertz CT molecular complexity index is 611. The van der Waals surface area contributed by atoms with Crippen LogP contribution in [0.3, 0.4) is 0 Å². The van der Waals surface area contributed by atoms with E-state index in [0.717, 1.165) is 0 Å². The van der Waals surface area contributed by atoms with Crippen molar-refractivity contribution in [2.75, 3.05) is 11.9 Å². The first-order valence-electron chi connectivity index (χ1n) is 6.30. The number of carbonyl (C=O) groups excluding carboxylic acids is 1. The van der Waals surface area contributed by atoms with E-state index >= 15 is 0 Å². The summed E-state index contributed by atoms with van der Waals surface area (Å²) in [5.41, 5.74) is 0.350. The molecular weight excluding hydrogens is 301 g/mol. The van der Waals surface area contributed by atoms with Crippen molar-refractivity contribution in [3.63, 3.8) is 0 Å². The lowest BCUT2D eigenvalue weighted by Gasteiger charge is -2.14. The van der Waals surface area contributed by atoms with Gasteiger partial charge in [-0.15, -0.1) is 0 Å². The van der Waals surface area contributed by atoms with Gasteiger partial charge < -0.3 is 10.1 Å². The third-order valence-corrected chi connectivity index (χ3v) is 2.62. The molecule has 22 heavy (non-hydrogen) atoms. The molecule has 1 atom stereocenters. The number of nitrogens with one attached hydrogen (secondary N) is 1. The monoisotopic (exact) mass is 314 g/mol. The van der Waals surface area contributed by atoms with Crippen LogP contribution in [0.5, 0.6) is 0 Å². The Morgan fingerprint density at radius 1 is 1.45 bits per heavy atom. The molecule has 0 bridgehead atoms. The van der Waals surface area contributed by atoms with E-state index < -0.39 is 24.8 Å². The van der Waals surface area contributed by atoms with Gasteiger partial charge in [0.25, 0.3) is 5.91 Å². The minimum atomic E-state index is -4.47. The third-order valence-electron chi connectivity index (χ3n) is 2.62. The number of carbonyl (C=O) groups is 1. The molecule has 0 aliphatic heterocycles. The summed E-state index contributed by atoms with van der Waals surface area (Å²) in [7, 11) is 0. The van der Waals surface area contributed by atoms with Crippen molar-refractivity contribution >= 4 is 11.6 Å². The van der Waals surface area contributed by atoms with Gasteiger partial charge in [0, 0.05) is 12.4 Å². The number of ether oxygens (including phenoxy) is 1. The van der Waals surface area contributed by atoms with Crippen molar-refractivity contribution in [3.05, 3.63) is 36.8 Å². The van der Waals surface area contributed by atoms with Crippen molar-refractivity contribution in [1.29, 1.82) is 0 Å². The van der Waals surface area contributed by atoms with Crippen LogP contribution in [-0.2, 0) is 9.53 Å². The summed E-state index contributed by atoms with van der Waals surface area (Å²) in [4.78, 5) is 15.8. The molecule has 0 aliphatic rings. The van der Waals surface area contributed by atoms with Crippen LogP contribution in [0.1, 0.15) is 6.92 Å². The number of rotatable bonds is 5. The van der Waals surface area contributed by atoms with Gasteiger partial charge in [-0.05, 0) is 25.1 Å². The fourth-order valence-electron chi connectivity index (χ4n) is 1.54. The van der Waals surface area contributed by atoms with Gasteiger partial charge in [0.15, 0.2) is 5.82 Å². The zero-order chi connectivity index (χ0) is 16.2. The van der Waals surface area contributed by atoms with Crippen LogP contribution in [0.25, 0.3) is 5.82 Å². The Labute approximate surface area is 123 Å². The summed E-state index contributed by atoms with van der Waals surface area (Å²) < 4.78 is 42.0. The Balaban J connectivity index is 1.91. The van der Waals surface area contributed by atoms with Crippen molar-refractivity contribution < 1.29 is 22.7 Å². The zero-order valence-corrected chi connectivity index (χ0v) is 11.5. The maximum absolute atomic E-state index is 12.0. The van der Waals surface area contributed by atoms with Gasteiger partial charge in [0.2, 0.25) is 0 Å². The number of amides is 1. The van der Waals surface area contributed by atoms with Crippen LogP contribution in [-0.4, -0.2) is 39.6 Å². The number of anilines is 1. The van der Waals surface area contributed by atoms with Crippen LogP contribution in [0, 0.1) is 0 Å². The number of aromatic nitrogens is 3. The number of hydrogen-bond acceptors (Lipinski definition) is 4. The maximum atomic E-state index is 12.0. The van der Waals surface area contributed by atoms with E-state index in [1.54, 1.807) is 30.6 Å². The SMILES string of the molecule is C[C@H](OCC(F)(F)F)C(=O)Nc1ccc(-n2cccn2)nc1. The largest absolute Gasteiger partial charge is 0.411 e. The number of nitrogens with zero attached hydrogens (tertiary/aromatic N) is 3. The molecule has 1 amide bonds. The van der Waals surface area contributed by atoms with E-state index in [4.69, 9.17) is 0 Å². The Kier molecular flexibility index (Phi) is 4.76. The molecule has 0 saturated heterocycles. The molecule has 2 rings (SSSR count). The molecule has 6 nitrogen and oxygen atoms in total. The molecular formula is C13H13F3N4O2. The fraction of sp³-hybridized carbons (Fsp3) is 0.308. The van der Waals surface area contributed by atoms with E-state index in [1.165, 1.54) is 17.8 Å². The maximum Gasteiger partial charge on any atom is 0.411 e. The highest BCUT2D eigenvalue weighted by molar-refractivity contribution is 5.93. The van der Waals surface area contributed by atoms with Gasteiger partial charge in [-0.1, -0.05) is 0 Å². The second-order valence-corrected chi connectivity index (χ2v) is 4.41. The molecule has 0 unspecified atom stereocenters. The standard InChI is InChI=1S/C13H13F3N4O2/c1-9(22-8-13(14,15)16)12(21)19-10-3-4-11(17-7-10)20-6-2-5-18-20/h2-7,9H,8H2,1H3,(H,19,21)/t9-/m0/s1. The van der Waals surface area contributed by atoms with Gasteiger partial charge in [0.05, 0.1) is 11.9 Å². The summed E-state index contributed by atoms with van der Waals surface area (Å²) in [6.07, 6.45) is -1.02. The number of pyridine rings is 1. The smallest absolute Gasteiger partial charge is 0.359 e. The summed E-state index contributed by atoms with van der Waals surface area (Å²) in [6, 6.07) is 4.92. The fourth-order valence-corrected chi connectivity index (χ4v) is 1.54. The normalized spacial score (nSPS) is 12.9. The Hall–Kier alpha value is -2.42. The molecule has 0 fully saturated rings. The Morgan fingerprint density at radius 3 is 2.77 bits per heavy atom. The van der Waals surface area contributed by atoms with E-state index in [-0.39, 0.29) is 0 Å². The summed E-state index contributed by atoms with van der Waals surface area (Å²) in [6.45, 7) is -0.231. The number of hydrogen-bond donors (Lipinski definition) is 1. The van der Waals surface area contributed by atoms with Crippen LogP contribution in [0.15, 0.2) is 36.8 Å². The first kappa shape index (κ1) is 16.0. The highest BCUT2D eigenvalue weighted by Gasteiger charge is 2.29. The van der Waals surface area contributed by atoms with E-state index in [2.05, 4.69) is 20.1 Å². The minimum absolute atomic E-state index is 0.350. The lowest BCUT2D eigenvalue weighted by Crippen LogP contribution is -2.31. The number of halogens is 3. The molecule has 2 aromatic rings. The summed E-state index contributed by atoms with van der Waals surface area (Å²) in [5, 5.41) is 6.42. The average Bonchev–Trinajstić information content (AvgIpc) is 2.99. The highest BCUT2D eigenvalue weighted by Crippen LogP contribution is 2.16. The van der Waals surface area contributed by atoms with Crippen molar-refractivity contribution in [2.45, 2.75) is 19.2 Å². The lowest BCUT2D eigenvalue weighted by molar-refractivity contribution is -0.184. The van der Waals surface area contributed by atoms with Crippen molar-refractivity contribution in [3.8, 4) is 5.82 Å². The second kappa shape index (κ2) is 6.56. The minimum Gasteiger partial charge on any atom is -0.359 e. The molecule has 9 heteroatoms. The van der Waals surface area contributed by atoms with E-state index in [9.17, 15) is 18.0 Å². The molecule has 0 spiro atoms. The number of alkyl halides is 3. The third kappa shape index (κ3) is 4.55.